The number of hydrogen-bond acceptors (Lipinski definition) is 7. The Balaban J connectivity index is 1.38. The van der Waals surface area contributed by atoms with E-state index in [0.717, 1.165) is 12.8 Å². The SMILES string of the molecule is COC(=O)c1ncnc2c1ccn2[C@@H]1O[C@H]([C@H](C)c2ccc3c(c2)CC3)[C@H]2OC(C)(C)O[C@H]21. The highest BCUT2D eigenvalue weighted by Crippen LogP contribution is 2.47. The van der Waals surface area contributed by atoms with E-state index in [0.29, 0.717) is 11.0 Å². The van der Waals surface area contributed by atoms with Crippen molar-refractivity contribution in [2.45, 2.75) is 69.9 Å². The molecule has 172 valence electrons. The highest BCUT2D eigenvalue weighted by atomic mass is 16.8. The number of ether oxygens (including phenoxy) is 4. The lowest BCUT2D eigenvalue weighted by atomic mass is 9.83. The van der Waals surface area contributed by atoms with Crippen LogP contribution in [0.4, 0.5) is 0 Å². The lowest BCUT2D eigenvalue weighted by molar-refractivity contribution is -0.198. The van der Waals surface area contributed by atoms with E-state index in [1.165, 1.54) is 30.1 Å². The number of benzene rings is 1. The van der Waals surface area contributed by atoms with Crippen LogP contribution in [0.3, 0.4) is 0 Å². The summed E-state index contributed by atoms with van der Waals surface area (Å²) in [5.41, 5.74) is 4.94. The first-order valence-corrected chi connectivity index (χ1v) is 11.4. The molecule has 6 rings (SSSR count). The first-order chi connectivity index (χ1) is 15.9. The second-order valence-corrected chi connectivity index (χ2v) is 9.55. The Morgan fingerprint density at radius 3 is 2.67 bits per heavy atom. The molecule has 5 atom stereocenters. The van der Waals surface area contributed by atoms with Gasteiger partial charge in [0.2, 0.25) is 0 Å². The Hall–Kier alpha value is -2.81. The van der Waals surface area contributed by atoms with Gasteiger partial charge in [-0.2, -0.15) is 0 Å². The number of methoxy groups -OCH3 is 1. The maximum Gasteiger partial charge on any atom is 0.357 e. The number of aromatic nitrogens is 3. The van der Waals surface area contributed by atoms with E-state index in [-0.39, 0.29) is 29.9 Å². The van der Waals surface area contributed by atoms with Crippen LogP contribution >= 0.6 is 0 Å². The monoisotopic (exact) mass is 449 g/mol. The third kappa shape index (κ3) is 3.19. The average Bonchev–Trinajstić information content (AvgIpc) is 3.43. The lowest BCUT2D eigenvalue weighted by Crippen LogP contribution is -2.33. The zero-order chi connectivity index (χ0) is 22.9. The molecular weight excluding hydrogens is 422 g/mol. The Bertz CT molecular complexity index is 1250. The maximum atomic E-state index is 12.2. The second-order valence-electron chi connectivity index (χ2n) is 9.55. The lowest BCUT2D eigenvalue weighted by Gasteiger charge is -2.29. The van der Waals surface area contributed by atoms with Crippen molar-refractivity contribution in [2.24, 2.45) is 0 Å². The third-order valence-electron chi connectivity index (χ3n) is 7.14. The molecule has 3 aromatic rings. The van der Waals surface area contributed by atoms with Crippen LogP contribution in [-0.4, -0.2) is 51.7 Å². The number of nitrogens with zero attached hydrogens (tertiary/aromatic N) is 3. The van der Waals surface area contributed by atoms with Crippen molar-refractivity contribution in [1.82, 2.24) is 14.5 Å². The number of rotatable bonds is 4. The molecule has 8 nitrogen and oxygen atoms in total. The van der Waals surface area contributed by atoms with Crippen LogP contribution in [0, 0.1) is 0 Å². The highest BCUT2D eigenvalue weighted by molar-refractivity contribution is 6.00. The van der Waals surface area contributed by atoms with E-state index in [4.69, 9.17) is 18.9 Å². The summed E-state index contributed by atoms with van der Waals surface area (Å²) in [5, 5.41) is 0.613. The summed E-state index contributed by atoms with van der Waals surface area (Å²) < 4.78 is 26.1. The molecule has 33 heavy (non-hydrogen) atoms. The Morgan fingerprint density at radius 2 is 1.94 bits per heavy atom. The van der Waals surface area contributed by atoms with E-state index in [9.17, 15) is 4.79 Å². The van der Waals surface area contributed by atoms with Crippen LogP contribution < -0.4 is 0 Å². The quantitative estimate of drug-likeness (QED) is 0.563. The van der Waals surface area contributed by atoms with Gasteiger partial charge in [-0.05, 0) is 49.4 Å². The van der Waals surface area contributed by atoms with Gasteiger partial charge in [-0.1, -0.05) is 25.1 Å². The number of carbonyl (C=O) groups is 1. The molecule has 2 fully saturated rings. The topological polar surface area (TPSA) is 84.7 Å². The van der Waals surface area contributed by atoms with Gasteiger partial charge in [0.25, 0.3) is 0 Å². The molecule has 4 heterocycles. The van der Waals surface area contributed by atoms with Crippen molar-refractivity contribution in [1.29, 1.82) is 0 Å². The number of aryl methyl sites for hydroxylation is 2. The first-order valence-electron chi connectivity index (χ1n) is 11.4. The van der Waals surface area contributed by atoms with E-state index in [2.05, 4.69) is 35.1 Å². The molecule has 0 saturated carbocycles. The molecule has 2 aliphatic heterocycles. The van der Waals surface area contributed by atoms with Crippen molar-refractivity contribution < 1.29 is 23.7 Å². The molecule has 0 spiro atoms. The average molecular weight is 450 g/mol. The van der Waals surface area contributed by atoms with E-state index in [1.807, 2.05) is 30.7 Å². The largest absolute Gasteiger partial charge is 0.464 e. The van der Waals surface area contributed by atoms with E-state index in [1.54, 1.807) is 0 Å². The third-order valence-corrected chi connectivity index (χ3v) is 7.14. The van der Waals surface area contributed by atoms with Gasteiger partial charge in [0.15, 0.2) is 17.7 Å². The number of carbonyl (C=O) groups excluding carboxylic acids is 1. The summed E-state index contributed by atoms with van der Waals surface area (Å²) in [6.07, 6.45) is 4.35. The van der Waals surface area contributed by atoms with Crippen molar-refractivity contribution in [3.8, 4) is 0 Å². The molecule has 0 N–H and O–H groups in total. The molecule has 2 saturated heterocycles. The summed E-state index contributed by atoms with van der Waals surface area (Å²) in [5.74, 6) is -1.10. The fraction of sp³-hybridized carbons (Fsp3) is 0.480. The van der Waals surface area contributed by atoms with Crippen LogP contribution in [0.2, 0.25) is 0 Å². The predicted octanol–water partition coefficient (Wildman–Crippen LogP) is 3.54. The summed E-state index contributed by atoms with van der Waals surface area (Å²) >= 11 is 0. The fourth-order valence-corrected chi connectivity index (χ4v) is 5.36. The fourth-order valence-electron chi connectivity index (χ4n) is 5.36. The summed E-state index contributed by atoms with van der Waals surface area (Å²) in [7, 11) is 1.34. The molecule has 0 bridgehead atoms. The Labute approximate surface area is 191 Å². The standard InChI is InChI=1S/C25H27N3O5/c1-13(15-7-5-14-6-8-16(14)11-15)19-20-21(33-25(2,3)32-20)23(31-19)28-10-9-17-18(24(29)30-4)26-12-27-22(17)28/h5,7,9-13,19-21,23H,6,8H2,1-4H3/t13-,19-,20-,21-,23-/m1/s1. The number of fused-ring (bicyclic) bond motifs is 3. The van der Waals surface area contributed by atoms with Gasteiger partial charge in [-0.15, -0.1) is 0 Å². The van der Waals surface area contributed by atoms with Crippen LogP contribution in [0.1, 0.15) is 60.1 Å². The molecule has 0 radical (unpaired) electrons. The van der Waals surface area contributed by atoms with Gasteiger partial charge in [0.1, 0.15) is 24.2 Å². The van der Waals surface area contributed by atoms with E-state index < -0.39 is 18.0 Å². The Morgan fingerprint density at radius 1 is 1.15 bits per heavy atom. The molecule has 1 aliphatic carbocycles. The molecule has 3 aliphatic rings. The van der Waals surface area contributed by atoms with Crippen LogP contribution in [0.25, 0.3) is 11.0 Å². The molecular formula is C25H27N3O5. The van der Waals surface area contributed by atoms with Gasteiger partial charge < -0.3 is 23.5 Å². The van der Waals surface area contributed by atoms with Gasteiger partial charge in [0.05, 0.1) is 18.6 Å². The van der Waals surface area contributed by atoms with Gasteiger partial charge in [-0.3, -0.25) is 0 Å². The second kappa shape index (κ2) is 7.35. The predicted molar refractivity (Wildman–Crippen MR) is 119 cm³/mol. The normalized spacial score (nSPS) is 28.2. The minimum absolute atomic E-state index is 0.119. The molecule has 1 aromatic carbocycles. The molecule has 2 aromatic heterocycles. The van der Waals surface area contributed by atoms with Gasteiger partial charge in [0, 0.05) is 12.1 Å². The molecule has 8 heteroatoms. The van der Waals surface area contributed by atoms with Crippen molar-refractivity contribution in [3.63, 3.8) is 0 Å². The smallest absolute Gasteiger partial charge is 0.357 e. The highest BCUT2D eigenvalue weighted by Gasteiger charge is 2.57. The maximum absolute atomic E-state index is 12.2. The van der Waals surface area contributed by atoms with Crippen molar-refractivity contribution in [3.05, 3.63) is 59.2 Å². The van der Waals surface area contributed by atoms with Crippen LogP contribution in [0.15, 0.2) is 36.8 Å². The number of esters is 1. The van der Waals surface area contributed by atoms with Crippen molar-refractivity contribution in [2.75, 3.05) is 7.11 Å². The van der Waals surface area contributed by atoms with Gasteiger partial charge >= 0.3 is 5.97 Å². The summed E-state index contributed by atoms with van der Waals surface area (Å²) in [6.45, 7) is 6.05. The minimum atomic E-state index is -0.717. The van der Waals surface area contributed by atoms with Crippen LogP contribution in [-0.2, 0) is 31.8 Å². The summed E-state index contributed by atoms with van der Waals surface area (Å²) in [4.78, 5) is 20.7. The Kier molecular flexibility index (Phi) is 4.62. The molecule has 0 amide bonds. The number of hydrogen-bond donors (Lipinski definition) is 0. The molecule has 0 unspecified atom stereocenters. The van der Waals surface area contributed by atoms with Crippen LogP contribution in [0.5, 0.6) is 0 Å². The first kappa shape index (κ1) is 20.8. The van der Waals surface area contributed by atoms with E-state index >= 15 is 0 Å². The summed E-state index contributed by atoms with van der Waals surface area (Å²) in [6, 6.07) is 8.55. The van der Waals surface area contributed by atoms with Crippen molar-refractivity contribution >= 4 is 17.0 Å². The minimum Gasteiger partial charge on any atom is -0.464 e. The van der Waals surface area contributed by atoms with Gasteiger partial charge in [-0.25, -0.2) is 14.8 Å². The zero-order valence-corrected chi connectivity index (χ0v) is 19.1. The zero-order valence-electron chi connectivity index (χ0n) is 19.1.